The van der Waals surface area contributed by atoms with Crippen molar-refractivity contribution in [2.45, 2.75) is 59.6 Å². The number of esters is 1. The van der Waals surface area contributed by atoms with E-state index in [1.54, 1.807) is 6.07 Å². The van der Waals surface area contributed by atoms with Crippen molar-refractivity contribution in [2.75, 3.05) is 39.3 Å². The van der Waals surface area contributed by atoms with E-state index >= 15 is 0 Å². The summed E-state index contributed by atoms with van der Waals surface area (Å²) >= 11 is 7.08. The number of benzene rings is 3. The Labute approximate surface area is 286 Å². The Morgan fingerprint density at radius 2 is 1.79 bits per heavy atom. The number of carbonyl (C=O) groups is 1. The van der Waals surface area contributed by atoms with E-state index in [0.29, 0.717) is 42.5 Å². The van der Waals surface area contributed by atoms with Crippen molar-refractivity contribution >= 4 is 39.2 Å². The van der Waals surface area contributed by atoms with Crippen molar-refractivity contribution < 1.29 is 18.7 Å². The van der Waals surface area contributed by atoms with Gasteiger partial charge in [-0.3, -0.25) is 9.58 Å². The summed E-state index contributed by atoms with van der Waals surface area (Å²) in [4.78, 5) is 16.7. The number of halogens is 2. The summed E-state index contributed by atoms with van der Waals surface area (Å²) < 4.78 is 30.4. The molecule has 1 aliphatic rings. The van der Waals surface area contributed by atoms with Crippen molar-refractivity contribution in [3.63, 3.8) is 0 Å². The normalized spacial score (nSPS) is 14.2. The fraction of sp³-hybridized carbons (Fsp3) is 0.421. The van der Waals surface area contributed by atoms with Crippen LogP contribution in [0.15, 0.2) is 48.5 Å². The smallest absolute Gasteiger partial charge is 0.355 e. The fourth-order valence-corrected chi connectivity index (χ4v) is 7.10. The lowest BCUT2D eigenvalue weighted by atomic mass is 9.98. The van der Waals surface area contributed by atoms with E-state index in [1.165, 1.54) is 12.1 Å². The first-order chi connectivity index (χ1) is 22.9. The van der Waals surface area contributed by atoms with Crippen LogP contribution < -0.4 is 10.1 Å². The first kappa shape index (κ1) is 34.0. The lowest BCUT2D eigenvalue weighted by Gasteiger charge is -2.28. The molecule has 6 rings (SSSR count). The second kappa shape index (κ2) is 13.9. The van der Waals surface area contributed by atoms with Gasteiger partial charge in [-0.2, -0.15) is 5.10 Å². The minimum atomic E-state index is -0.683. The number of nitrogens with one attached hydrogen (secondary N) is 1. The Balaban J connectivity index is 1.45. The molecule has 8 nitrogen and oxygen atoms in total. The standard InChI is InChI=1S/C38H45ClFN5O3/c1-24-33(25(2)43(6)42-24)34-31(39)15-14-29-28(10-8-22-47-32-11-7-9-26-12-13-27(40)23-30(26)32)36(37(46)48-38(3,4)5)45(35(29)34)21-20-44-18-16-41-17-19-44/h7,9,11-15,23,41H,8,10,16-22H2,1-6H3. The van der Waals surface area contributed by atoms with Gasteiger partial charge in [0, 0.05) is 73.9 Å². The molecule has 3 aromatic carbocycles. The average molecular weight is 674 g/mol. The molecule has 1 fully saturated rings. The van der Waals surface area contributed by atoms with E-state index in [2.05, 4.69) is 14.8 Å². The number of nitrogens with zero attached hydrogens (tertiary/aromatic N) is 4. The van der Waals surface area contributed by atoms with Gasteiger partial charge in [0.15, 0.2) is 0 Å². The second-order valence-corrected chi connectivity index (χ2v) is 14.0. The summed E-state index contributed by atoms with van der Waals surface area (Å²) in [5, 5.41) is 11.4. The van der Waals surface area contributed by atoms with Gasteiger partial charge in [0.05, 0.1) is 22.8 Å². The average Bonchev–Trinajstić information content (AvgIpc) is 3.49. The minimum Gasteiger partial charge on any atom is -0.493 e. The van der Waals surface area contributed by atoms with E-state index in [9.17, 15) is 9.18 Å². The zero-order chi connectivity index (χ0) is 34.2. The van der Waals surface area contributed by atoms with Crippen LogP contribution in [0.4, 0.5) is 4.39 Å². The van der Waals surface area contributed by atoms with Gasteiger partial charge in [-0.25, -0.2) is 9.18 Å². The summed E-state index contributed by atoms with van der Waals surface area (Å²) in [5.41, 5.74) is 5.41. The zero-order valence-corrected chi connectivity index (χ0v) is 29.5. The van der Waals surface area contributed by atoms with Gasteiger partial charge < -0.3 is 19.4 Å². The lowest BCUT2D eigenvalue weighted by molar-refractivity contribution is 0.00561. The highest BCUT2D eigenvalue weighted by molar-refractivity contribution is 6.35. The summed E-state index contributed by atoms with van der Waals surface area (Å²) in [5.74, 6) is -0.0293. The molecule has 1 N–H and O–H groups in total. The highest BCUT2D eigenvalue weighted by Gasteiger charge is 2.31. The number of fused-ring (bicyclic) bond motifs is 2. The second-order valence-electron chi connectivity index (χ2n) is 13.6. The van der Waals surface area contributed by atoms with E-state index in [0.717, 1.165) is 82.5 Å². The molecule has 1 saturated heterocycles. The number of aryl methyl sites for hydroxylation is 3. The molecule has 1 aliphatic heterocycles. The minimum absolute atomic E-state index is 0.303. The van der Waals surface area contributed by atoms with Crippen molar-refractivity contribution in [3.8, 4) is 16.9 Å². The number of piperazine rings is 1. The summed E-state index contributed by atoms with van der Waals surface area (Å²) in [6.07, 6.45) is 1.19. The predicted molar refractivity (Wildman–Crippen MR) is 191 cm³/mol. The third-order valence-electron chi connectivity index (χ3n) is 9.11. The molecule has 2 aromatic heterocycles. The summed E-state index contributed by atoms with van der Waals surface area (Å²) in [6.45, 7) is 15.2. The van der Waals surface area contributed by atoms with Gasteiger partial charge >= 0.3 is 5.97 Å². The predicted octanol–water partition coefficient (Wildman–Crippen LogP) is 7.48. The Kier molecular flexibility index (Phi) is 9.83. The molecule has 0 bridgehead atoms. The molecule has 5 aromatic rings. The molecular formula is C38H45ClFN5O3. The molecule has 0 atom stereocenters. The number of hydrogen-bond acceptors (Lipinski definition) is 6. The molecule has 3 heterocycles. The van der Waals surface area contributed by atoms with Crippen molar-refractivity contribution in [3.05, 3.63) is 82.0 Å². The third-order valence-corrected chi connectivity index (χ3v) is 9.43. The number of aromatic nitrogens is 3. The van der Waals surface area contributed by atoms with Gasteiger partial charge in [0.1, 0.15) is 22.9 Å². The maximum Gasteiger partial charge on any atom is 0.355 e. The van der Waals surface area contributed by atoms with Gasteiger partial charge in [-0.15, -0.1) is 0 Å². The first-order valence-corrected chi connectivity index (χ1v) is 17.1. The first-order valence-electron chi connectivity index (χ1n) is 16.7. The van der Waals surface area contributed by atoms with E-state index in [1.807, 2.05) is 76.7 Å². The Morgan fingerprint density at radius 1 is 1.02 bits per heavy atom. The molecule has 48 heavy (non-hydrogen) atoms. The zero-order valence-electron chi connectivity index (χ0n) is 28.8. The van der Waals surface area contributed by atoms with Crippen molar-refractivity contribution in [2.24, 2.45) is 7.05 Å². The monoisotopic (exact) mass is 673 g/mol. The molecule has 0 aliphatic carbocycles. The van der Waals surface area contributed by atoms with Crippen LogP contribution in [0.1, 0.15) is 54.6 Å². The highest BCUT2D eigenvalue weighted by Crippen LogP contribution is 2.42. The van der Waals surface area contributed by atoms with Crippen LogP contribution >= 0.6 is 11.6 Å². The van der Waals surface area contributed by atoms with Gasteiger partial charge in [0.2, 0.25) is 0 Å². The Hall–Kier alpha value is -3.92. The van der Waals surface area contributed by atoms with E-state index in [4.69, 9.17) is 26.2 Å². The summed E-state index contributed by atoms with van der Waals surface area (Å²) in [7, 11) is 1.94. The Morgan fingerprint density at radius 3 is 2.50 bits per heavy atom. The fourth-order valence-electron chi connectivity index (χ4n) is 6.85. The largest absolute Gasteiger partial charge is 0.493 e. The molecule has 10 heteroatoms. The maximum atomic E-state index is 14.2. The quantitative estimate of drug-likeness (QED) is 0.122. The molecule has 0 radical (unpaired) electrons. The Bertz CT molecular complexity index is 1970. The molecule has 0 spiro atoms. The molecular weight excluding hydrogens is 629 g/mol. The number of rotatable bonds is 10. The number of carbonyl (C=O) groups excluding carboxylic acids is 1. The summed E-state index contributed by atoms with van der Waals surface area (Å²) in [6, 6.07) is 14.4. The van der Waals surface area contributed by atoms with Crippen LogP contribution in [0.2, 0.25) is 5.02 Å². The van der Waals surface area contributed by atoms with Crippen LogP contribution in [0.25, 0.3) is 32.8 Å². The number of ether oxygens (including phenoxy) is 2. The highest BCUT2D eigenvalue weighted by atomic mass is 35.5. The van der Waals surface area contributed by atoms with Crippen LogP contribution in [-0.4, -0.2) is 70.1 Å². The van der Waals surface area contributed by atoms with Gasteiger partial charge in [-0.1, -0.05) is 35.9 Å². The SMILES string of the molecule is Cc1nn(C)c(C)c1-c1c(Cl)ccc2c(CCCOc3cccc4ccc(F)cc34)c(C(=O)OC(C)(C)C)n(CCN3CCNCC3)c12. The van der Waals surface area contributed by atoms with E-state index in [-0.39, 0.29) is 11.8 Å². The molecule has 0 amide bonds. The van der Waals surface area contributed by atoms with Crippen molar-refractivity contribution in [1.82, 2.24) is 24.6 Å². The van der Waals surface area contributed by atoms with Crippen molar-refractivity contribution in [1.29, 1.82) is 0 Å². The van der Waals surface area contributed by atoms with Crippen LogP contribution in [-0.2, 0) is 24.8 Å². The number of hydrogen-bond donors (Lipinski definition) is 1. The topological polar surface area (TPSA) is 73.6 Å². The molecule has 0 unspecified atom stereocenters. The van der Waals surface area contributed by atoms with Crippen LogP contribution in [0, 0.1) is 19.7 Å². The van der Waals surface area contributed by atoms with Gasteiger partial charge in [0.25, 0.3) is 0 Å². The third kappa shape index (κ3) is 6.95. The van der Waals surface area contributed by atoms with Gasteiger partial charge in [-0.05, 0) is 82.7 Å². The molecule has 254 valence electrons. The molecule has 0 saturated carbocycles. The van der Waals surface area contributed by atoms with Crippen LogP contribution in [0.3, 0.4) is 0 Å². The lowest BCUT2D eigenvalue weighted by Crippen LogP contribution is -2.44. The van der Waals surface area contributed by atoms with E-state index < -0.39 is 5.60 Å². The maximum absolute atomic E-state index is 14.2. The van der Waals surface area contributed by atoms with Crippen LogP contribution in [0.5, 0.6) is 5.75 Å².